The van der Waals surface area contributed by atoms with Gasteiger partial charge in [-0.1, -0.05) is 6.58 Å². The molecule has 2 nitrogen and oxygen atoms in total. The fourth-order valence-corrected chi connectivity index (χ4v) is 0.415. The molecule has 0 amide bonds. The van der Waals surface area contributed by atoms with E-state index in [4.69, 9.17) is 0 Å². The van der Waals surface area contributed by atoms with Crippen molar-refractivity contribution in [2.75, 3.05) is 0 Å². The quantitative estimate of drug-likeness (QED) is 0.330. The Hall–Kier alpha value is 0.00623. The van der Waals surface area contributed by atoms with Crippen LogP contribution in [0.3, 0.4) is 0 Å². The first-order valence-corrected chi connectivity index (χ1v) is 2.09. The van der Waals surface area contributed by atoms with E-state index in [0.29, 0.717) is 0 Å². The van der Waals surface area contributed by atoms with E-state index in [9.17, 15) is 0 Å². The van der Waals surface area contributed by atoms with E-state index in [1.165, 1.54) is 0 Å². The Labute approximate surface area is 76.5 Å². The monoisotopic (exact) mass is 154 g/mol. The van der Waals surface area contributed by atoms with Crippen LogP contribution in [0.25, 0.3) is 6.20 Å². The van der Waals surface area contributed by atoms with Gasteiger partial charge < -0.3 is 12.4 Å². The van der Waals surface area contributed by atoms with Gasteiger partial charge in [-0.2, -0.15) is 0 Å². The average Bonchev–Trinajstić information content (AvgIpc) is 2.14. The summed E-state index contributed by atoms with van der Waals surface area (Å²) in [6, 6.07) is 0. The normalized spacial score (nSPS) is 6.67. The molecule has 0 aliphatic carbocycles. The van der Waals surface area contributed by atoms with Crippen LogP contribution in [-0.4, -0.2) is 28.0 Å². The smallest absolute Gasteiger partial charge is 0.246 e. The molecule has 0 spiro atoms. The maximum absolute atomic E-state index is 3.55. The van der Waals surface area contributed by atoms with Gasteiger partial charge in [0.2, 0.25) is 6.33 Å². The molecule has 0 aliphatic heterocycles. The Morgan fingerprint density at radius 3 is 2.44 bits per heavy atom. The lowest BCUT2D eigenvalue weighted by Crippen LogP contribution is -3.00. The maximum atomic E-state index is 3.55. The highest BCUT2D eigenvalue weighted by Crippen LogP contribution is 1.65. The fraction of sp³-hybridized carbons (Fsp3) is 0. The molecule has 1 aromatic rings. The van der Waals surface area contributed by atoms with Crippen molar-refractivity contribution < 1.29 is 17.0 Å². The molecule has 0 saturated heterocycles. The maximum Gasteiger partial charge on any atom is 0.246 e. The van der Waals surface area contributed by atoms with Crippen molar-refractivity contribution in [2.45, 2.75) is 0 Å². The Morgan fingerprint density at radius 1 is 1.56 bits per heavy atom. The highest BCUT2D eigenvalue weighted by atomic mass is 35.5. The van der Waals surface area contributed by atoms with Crippen molar-refractivity contribution in [3.63, 3.8) is 0 Å². The van der Waals surface area contributed by atoms with Crippen LogP contribution in [-0.2, 0) is 0 Å². The zero-order valence-corrected chi connectivity index (χ0v) is 7.22. The summed E-state index contributed by atoms with van der Waals surface area (Å²) in [6.07, 6.45) is 7.25. The molecule has 9 heavy (non-hydrogen) atoms. The van der Waals surface area contributed by atoms with Gasteiger partial charge in [0.25, 0.3) is 0 Å². The second-order valence-electron chi connectivity index (χ2n) is 1.24. The summed E-state index contributed by atoms with van der Waals surface area (Å²) in [5.41, 5.74) is 0. The molecule has 0 saturated carbocycles. The second-order valence-corrected chi connectivity index (χ2v) is 1.24. The molecule has 1 rings (SSSR count). The number of hydrogen-bond acceptors (Lipinski definition) is 0. The largest absolute Gasteiger partial charge is 1.00 e. The minimum Gasteiger partial charge on any atom is -1.00 e. The first-order valence-electron chi connectivity index (χ1n) is 2.09. The molecule has 4 heteroatoms. The van der Waals surface area contributed by atoms with E-state index in [-0.39, 0.29) is 35.5 Å². The van der Waals surface area contributed by atoms with E-state index >= 15 is 0 Å². The third-order valence-corrected chi connectivity index (χ3v) is 0.777. The van der Waals surface area contributed by atoms with Gasteiger partial charge >= 0.3 is 0 Å². The fourth-order valence-electron chi connectivity index (χ4n) is 0.415. The third-order valence-electron chi connectivity index (χ3n) is 0.777. The van der Waals surface area contributed by atoms with Crippen molar-refractivity contribution in [1.82, 2.24) is 4.98 Å². The number of hydrogen-bond donors (Lipinski definition) is 1. The highest BCUT2D eigenvalue weighted by molar-refractivity contribution is 5.75. The Kier molecular flexibility index (Phi) is 8.01. The van der Waals surface area contributed by atoms with Crippen molar-refractivity contribution >= 4 is 29.3 Å². The number of halogens is 1. The Bertz CT molecular complexity index is 150. The summed E-state index contributed by atoms with van der Waals surface area (Å²) < 4.78 is 1.83. The van der Waals surface area contributed by atoms with E-state index < -0.39 is 0 Å². The van der Waals surface area contributed by atoms with Crippen LogP contribution in [0.1, 0.15) is 0 Å². The molecule has 0 atom stereocenters. The van der Waals surface area contributed by atoms with E-state index in [1.54, 1.807) is 6.20 Å². The van der Waals surface area contributed by atoms with E-state index in [1.807, 2.05) is 23.3 Å². The lowest BCUT2D eigenvalue weighted by molar-refractivity contribution is -0.566. The standard InChI is InChI=1S/C5H6N2.ClH.Mg/c1-2-7-4-3-6-5-7;;/h2-5H,1H2;1H;. The van der Waals surface area contributed by atoms with Gasteiger partial charge in [0.05, 0.1) is 6.20 Å². The zero-order valence-electron chi connectivity index (χ0n) is 5.05. The van der Waals surface area contributed by atoms with Gasteiger partial charge in [-0.3, -0.25) is 0 Å². The van der Waals surface area contributed by atoms with Crippen LogP contribution < -0.4 is 17.0 Å². The van der Waals surface area contributed by atoms with Crippen LogP contribution >= 0.6 is 0 Å². The minimum atomic E-state index is 0. The third kappa shape index (κ3) is 3.56. The minimum absolute atomic E-state index is 0. The molecule has 0 aromatic carbocycles. The zero-order chi connectivity index (χ0) is 5.11. The first-order chi connectivity index (χ1) is 3.43. The summed E-state index contributed by atoms with van der Waals surface area (Å²) in [5.74, 6) is 0. The predicted octanol–water partition coefficient (Wildman–Crippen LogP) is -2.97. The number of aromatic amines is 1. The summed E-state index contributed by atoms with van der Waals surface area (Å²) in [5, 5.41) is 0. The second kappa shape index (κ2) is 6.13. The molecule has 2 radical (unpaired) electrons. The molecule has 0 aliphatic rings. The van der Waals surface area contributed by atoms with Crippen LogP contribution in [0.5, 0.6) is 0 Å². The van der Waals surface area contributed by atoms with Gasteiger partial charge in [0, 0.05) is 23.1 Å². The number of rotatable bonds is 1. The molecular weight excluding hydrogens is 148 g/mol. The van der Waals surface area contributed by atoms with Crippen molar-refractivity contribution in [3.05, 3.63) is 25.3 Å². The van der Waals surface area contributed by atoms with Crippen LogP contribution in [0.4, 0.5) is 0 Å². The van der Waals surface area contributed by atoms with Gasteiger partial charge in [-0.25, -0.2) is 9.55 Å². The average molecular weight is 155 g/mol. The molecule has 0 fully saturated rings. The molecular formula is C5H7ClMgN2. The summed E-state index contributed by atoms with van der Waals surface area (Å²) in [7, 11) is 0. The molecule has 0 unspecified atom stereocenters. The van der Waals surface area contributed by atoms with E-state index in [0.717, 1.165) is 0 Å². The number of nitrogens with one attached hydrogen (secondary N) is 1. The van der Waals surface area contributed by atoms with Crippen molar-refractivity contribution in [1.29, 1.82) is 0 Å². The first kappa shape index (κ1) is 11.8. The van der Waals surface area contributed by atoms with Crippen LogP contribution in [0, 0.1) is 0 Å². The highest BCUT2D eigenvalue weighted by Gasteiger charge is 1.82. The molecule has 1 aromatic heterocycles. The summed E-state index contributed by atoms with van der Waals surface area (Å²) in [4.78, 5) is 2.87. The van der Waals surface area contributed by atoms with Gasteiger partial charge in [-0.05, 0) is 0 Å². The molecule has 1 heterocycles. The number of imidazole rings is 1. The van der Waals surface area contributed by atoms with Gasteiger partial charge in [0.1, 0.15) is 12.4 Å². The van der Waals surface area contributed by atoms with Crippen LogP contribution in [0.2, 0.25) is 0 Å². The number of H-pyrrole nitrogens is 1. The van der Waals surface area contributed by atoms with Gasteiger partial charge in [-0.15, -0.1) is 0 Å². The number of aromatic nitrogens is 2. The number of nitrogens with zero attached hydrogens (tertiary/aromatic N) is 1. The van der Waals surface area contributed by atoms with Crippen molar-refractivity contribution in [2.24, 2.45) is 0 Å². The molecule has 0 bridgehead atoms. The van der Waals surface area contributed by atoms with Gasteiger partial charge in [0.15, 0.2) is 0 Å². The van der Waals surface area contributed by atoms with Crippen molar-refractivity contribution in [3.8, 4) is 0 Å². The predicted molar refractivity (Wildman–Crippen MR) is 33.1 cm³/mol. The van der Waals surface area contributed by atoms with Crippen LogP contribution in [0.15, 0.2) is 25.3 Å². The Morgan fingerprint density at radius 2 is 2.22 bits per heavy atom. The van der Waals surface area contributed by atoms with E-state index in [2.05, 4.69) is 11.6 Å². The Balaban J connectivity index is 0. The lowest BCUT2D eigenvalue weighted by Gasteiger charge is -1.70. The lowest BCUT2D eigenvalue weighted by atomic mass is 10.9. The topological polar surface area (TPSA) is 19.7 Å². The summed E-state index contributed by atoms with van der Waals surface area (Å²) >= 11 is 0. The summed E-state index contributed by atoms with van der Waals surface area (Å²) in [6.45, 7) is 3.55. The SMILES string of the molecule is C=C[n+]1cc[nH]c1.[Cl-].[Mg]. The molecule has 1 N–H and O–H groups in total. The molecule has 46 valence electrons.